The van der Waals surface area contributed by atoms with E-state index >= 15 is 0 Å². The highest BCUT2D eigenvalue weighted by molar-refractivity contribution is 7.11. The molecule has 5 rings (SSSR count). The van der Waals surface area contributed by atoms with Crippen molar-refractivity contribution in [2.45, 2.75) is 13.5 Å². The second-order valence-electron chi connectivity index (χ2n) is 8.19. The Hall–Kier alpha value is -4.50. The van der Waals surface area contributed by atoms with Gasteiger partial charge in [-0.3, -0.25) is 20.1 Å². The van der Waals surface area contributed by atoms with Crippen molar-refractivity contribution in [3.63, 3.8) is 0 Å². The van der Waals surface area contributed by atoms with E-state index in [9.17, 15) is 9.59 Å². The number of aromatic nitrogens is 3. The first-order valence-electron chi connectivity index (χ1n) is 11.1. The molecule has 9 heteroatoms. The lowest BCUT2D eigenvalue weighted by atomic mass is 10.1. The van der Waals surface area contributed by atoms with Crippen LogP contribution in [-0.2, 0) is 11.4 Å². The summed E-state index contributed by atoms with van der Waals surface area (Å²) in [5.41, 5.74) is 3.14. The van der Waals surface area contributed by atoms with Crippen molar-refractivity contribution in [3.8, 4) is 16.6 Å². The third-order valence-electron chi connectivity index (χ3n) is 5.63. The van der Waals surface area contributed by atoms with Crippen molar-refractivity contribution in [2.24, 2.45) is 0 Å². The van der Waals surface area contributed by atoms with Crippen LogP contribution in [0.1, 0.15) is 16.7 Å². The van der Waals surface area contributed by atoms with Gasteiger partial charge < -0.3 is 9.47 Å². The monoisotopic (exact) mass is 498 g/mol. The van der Waals surface area contributed by atoms with E-state index in [1.165, 1.54) is 33.7 Å². The van der Waals surface area contributed by atoms with Crippen molar-refractivity contribution in [1.82, 2.24) is 14.8 Å². The van der Waals surface area contributed by atoms with Crippen LogP contribution in [-0.4, -0.2) is 27.7 Å². The van der Waals surface area contributed by atoms with Crippen molar-refractivity contribution in [1.29, 1.82) is 5.41 Å². The van der Waals surface area contributed by atoms with Crippen LogP contribution < -0.4 is 30.4 Å². The van der Waals surface area contributed by atoms with Crippen LogP contribution >= 0.6 is 11.3 Å². The Labute approximate surface area is 209 Å². The highest BCUT2D eigenvalue weighted by Gasteiger charge is 2.13. The van der Waals surface area contributed by atoms with Gasteiger partial charge >= 0.3 is 0 Å². The van der Waals surface area contributed by atoms with E-state index in [2.05, 4.69) is 10.1 Å². The molecule has 0 saturated heterocycles. The van der Waals surface area contributed by atoms with Crippen LogP contribution in [0.15, 0.2) is 71.6 Å². The molecule has 0 atom stereocenters. The molecule has 1 aliphatic carbocycles. The molecule has 0 amide bonds. The standard InChI is InChI=1S/C27H22N4O4S/c1-16-3-5-17(6-4-16)15-35-22-12-7-18(14-23(22)34-2)13-21-24(28)31-27(29-25(21)33)36-26(30-31)19-8-10-20(32)11-9-19/h3-14,28,30H,15H2,1-2H3/b21-13+,28-24?. The van der Waals surface area contributed by atoms with Crippen molar-refractivity contribution in [2.75, 3.05) is 7.11 Å². The number of methoxy groups -OCH3 is 1. The van der Waals surface area contributed by atoms with E-state index in [0.717, 1.165) is 11.1 Å². The summed E-state index contributed by atoms with van der Waals surface area (Å²) in [6.07, 6.45) is 7.91. The van der Waals surface area contributed by atoms with Crippen LogP contribution in [0.4, 0.5) is 0 Å². The Morgan fingerprint density at radius 2 is 1.81 bits per heavy atom. The van der Waals surface area contributed by atoms with Gasteiger partial charge in [-0.05, 0) is 60.6 Å². The molecule has 180 valence electrons. The lowest BCUT2D eigenvalue weighted by Crippen LogP contribution is -2.47. The second-order valence-corrected chi connectivity index (χ2v) is 9.17. The summed E-state index contributed by atoms with van der Waals surface area (Å²) in [5.74, 6) is 1.00. The largest absolute Gasteiger partial charge is 0.493 e. The number of benzene rings is 2. The van der Waals surface area contributed by atoms with Gasteiger partial charge in [0.1, 0.15) is 11.3 Å². The van der Waals surface area contributed by atoms with E-state index in [1.54, 1.807) is 43.5 Å². The van der Waals surface area contributed by atoms with Gasteiger partial charge in [-0.25, -0.2) is 4.68 Å². The van der Waals surface area contributed by atoms with Gasteiger partial charge in [0.2, 0.25) is 5.13 Å². The molecule has 3 aliphatic rings. The third kappa shape index (κ3) is 4.69. The Kier molecular flexibility index (Phi) is 6.22. The summed E-state index contributed by atoms with van der Waals surface area (Å²) in [6, 6.07) is 13.4. The van der Waals surface area contributed by atoms with Crippen LogP contribution in [0.2, 0.25) is 0 Å². The summed E-state index contributed by atoms with van der Waals surface area (Å²) in [7, 11) is 1.55. The third-order valence-corrected chi connectivity index (χ3v) is 6.62. The maximum atomic E-state index is 12.8. The SMILES string of the molecule is COc1cc(/C=c2/c(=O)nc3sc(=C4C=CC(=O)C=C4)[nH]n-3c2=N)ccc1OCc1ccc(C)cc1. The number of H-pyrrole nitrogens is 1. The molecule has 2 heterocycles. The van der Waals surface area contributed by atoms with Gasteiger partial charge in [-0.2, -0.15) is 4.98 Å². The molecular formula is C27H22N4O4S. The fourth-order valence-corrected chi connectivity index (χ4v) is 4.60. The molecule has 36 heavy (non-hydrogen) atoms. The smallest absolute Gasteiger partial charge is 0.283 e. The van der Waals surface area contributed by atoms with Gasteiger partial charge in [0.05, 0.1) is 12.3 Å². The molecular weight excluding hydrogens is 476 g/mol. The number of carbonyl (C=O) groups is 1. The summed E-state index contributed by atoms with van der Waals surface area (Å²) in [4.78, 5) is 28.3. The summed E-state index contributed by atoms with van der Waals surface area (Å²) in [5, 5.41) is 12.2. The maximum absolute atomic E-state index is 12.8. The number of ether oxygens (including phenoxy) is 2. The molecule has 2 aromatic carbocycles. The molecule has 0 aromatic heterocycles. The number of allylic oxidation sites excluding steroid dienone is 4. The fourth-order valence-electron chi connectivity index (χ4n) is 3.67. The zero-order chi connectivity index (χ0) is 25.2. The predicted molar refractivity (Wildman–Crippen MR) is 137 cm³/mol. The number of nitrogens with one attached hydrogen (secondary N) is 2. The first-order chi connectivity index (χ1) is 17.4. The van der Waals surface area contributed by atoms with E-state index in [4.69, 9.17) is 14.9 Å². The Bertz CT molecular complexity index is 1720. The summed E-state index contributed by atoms with van der Waals surface area (Å²) >= 11 is 1.24. The van der Waals surface area contributed by atoms with Crippen LogP contribution in [0.3, 0.4) is 0 Å². The van der Waals surface area contributed by atoms with Gasteiger partial charge in [-0.15, -0.1) is 0 Å². The average molecular weight is 499 g/mol. The zero-order valence-corrected chi connectivity index (χ0v) is 20.4. The maximum Gasteiger partial charge on any atom is 0.283 e. The number of carbonyl (C=O) groups excluding carboxylic acids is 1. The van der Waals surface area contributed by atoms with Crippen molar-refractivity contribution >= 4 is 28.8 Å². The fraction of sp³-hybridized carbons (Fsp3) is 0.111. The molecule has 2 aromatic rings. The number of aryl methyl sites for hydroxylation is 1. The minimum Gasteiger partial charge on any atom is -0.493 e. The number of rotatable bonds is 5. The van der Waals surface area contributed by atoms with Crippen molar-refractivity contribution in [3.05, 3.63) is 109 Å². The summed E-state index contributed by atoms with van der Waals surface area (Å²) < 4.78 is 13.6. The van der Waals surface area contributed by atoms with Gasteiger partial charge in [0.15, 0.2) is 22.8 Å². The predicted octanol–water partition coefficient (Wildman–Crippen LogP) is 2.11. The minimum atomic E-state index is -0.504. The number of fused-ring (bicyclic) bond motifs is 1. The molecule has 0 unspecified atom stereocenters. The first kappa shape index (κ1) is 23.3. The van der Waals surface area contributed by atoms with E-state index in [0.29, 0.717) is 33.5 Å². The molecule has 0 radical (unpaired) electrons. The minimum absolute atomic E-state index is 0.0217. The van der Waals surface area contributed by atoms with Crippen LogP contribution in [0.5, 0.6) is 11.5 Å². The molecule has 2 N–H and O–H groups in total. The normalized spacial score (nSPS) is 13.6. The van der Waals surface area contributed by atoms with E-state index in [-0.39, 0.29) is 16.5 Å². The number of aromatic amines is 1. The highest BCUT2D eigenvalue weighted by atomic mass is 32.1. The Balaban J connectivity index is 1.50. The van der Waals surface area contributed by atoms with Gasteiger partial charge in [0.25, 0.3) is 5.56 Å². The molecule has 2 aliphatic heterocycles. The van der Waals surface area contributed by atoms with Gasteiger partial charge in [0, 0.05) is 5.57 Å². The van der Waals surface area contributed by atoms with E-state index < -0.39 is 5.56 Å². The molecule has 0 fully saturated rings. The molecule has 8 nitrogen and oxygen atoms in total. The lowest BCUT2D eigenvalue weighted by molar-refractivity contribution is -0.110. The van der Waals surface area contributed by atoms with Crippen molar-refractivity contribution < 1.29 is 14.3 Å². The number of hydrogen-bond acceptors (Lipinski definition) is 7. The number of hydrogen-bond donors (Lipinski definition) is 2. The summed E-state index contributed by atoms with van der Waals surface area (Å²) in [6.45, 7) is 2.43. The topological polar surface area (TPSA) is 110 Å². The van der Waals surface area contributed by atoms with Crippen LogP contribution in [0.25, 0.3) is 16.8 Å². The molecule has 0 saturated carbocycles. The second kappa shape index (κ2) is 9.63. The lowest BCUT2D eigenvalue weighted by Gasteiger charge is -2.11. The Morgan fingerprint density at radius 3 is 2.53 bits per heavy atom. The number of ketones is 1. The van der Waals surface area contributed by atoms with Gasteiger partial charge in [-0.1, -0.05) is 47.2 Å². The molecule has 0 bridgehead atoms. The molecule has 0 spiro atoms. The quantitative estimate of drug-likeness (QED) is 0.438. The Morgan fingerprint density at radius 1 is 1.06 bits per heavy atom. The average Bonchev–Trinajstić information content (AvgIpc) is 3.31. The zero-order valence-electron chi connectivity index (χ0n) is 19.6. The van der Waals surface area contributed by atoms with Crippen LogP contribution in [0, 0.1) is 12.3 Å². The first-order valence-corrected chi connectivity index (χ1v) is 11.9. The van der Waals surface area contributed by atoms with E-state index in [1.807, 2.05) is 31.2 Å². The number of nitrogens with zero attached hydrogens (tertiary/aromatic N) is 2. The highest BCUT2D eigenvalue weighted by Crippen LogP contribution is 2.29.